The lowest BCUT2D eigenvalue weighted by atomic mass is 10.2. The van der Waals surface area contributed by atoms with Gasteiger partial charge >= 0.3 is 0 Å². The summed E-state index contributed by atoms with van der Waals surface area (Å²) in [6, 6.07) is 3.70. The summed E-state index contributed by atoms with van der Waals surface area (Å²) in [5.41, 5.74) is 1.44. The predicted molar refractivity (Wildman–Crippen MR) is 119 cm³/mol. The Morgan fingerprint density at radius 3 is 2.14 bits per heavy atom. The van der Waals surface area contributed by atoms with Crippen molar-refractivity contribution < 1.29 is 28.1 Å². The molecule has 1 heterocycles. The molecule has 166 valence electrons. The summed E-state index contributed by atoms with van der Waals surface area (Å²) >= 11 is 3.50. The van der Waals surface area contributed by atoms with Crippen LogP contribution in [0.3, 0.4) is 0 Å². The van der Waals surface area contributed by atoms with E-state index in [0.29, 0.717) is 40.5 Å². The third-order valence-corrected chi connectivity index (χ3v) is 12.1. The smallest absolute Gasteiger partial charge is 0.241 e. The highest BCUT2D eigenvalue weighted by molar-refractivity contribution is 9.10. The van der Waals surface area contributed by atoms with Gasteiger partial charge in [0.1, 0.15) is 0 Å². The number of fused-ring (bicyclic) bond motifs is 1. The predicted octanol–water partition coefficient (Wildman–Crippen LogP) is 5.74. The summed E-state index contributed by atoms with van der Waals surface area (Å²) in [6.45, 7) is 14.1. The first-order chi connectivity index (χ1) is 13.7. The van der Waals surface area contributed by atoms with E-state index >= 15 is 0 Å². The Bertz CT molecular complexity index is 645. The van der Waals surface area contributed by atoms with E-state index in [1.807, 2.05) is 12.1 Å². The molecule has 0 amide bonds. The average molecular weight is 491 g/mol. The van der Waals surface area contributed by atoms with Gasteiger partial charge in [-0.3, -0.25) is 0 Å². The van der Waals surface area contributed by atoms with Crippen LogP contribution in [0, 0.1) is 0 Å². The molecular formula is C21H35BrO6Si. The second-order valence-corrected chi connectivity index (χ2v) is 14.7. The van der Waals surface area contributed by atoms with Gasteiger partial charge in [-0.2, -0.15) is 0 Å². The normalized spacial score (nSPS) is 19.3. The molecule has 0 aromatic heterocycles. The van der Waals surface area contributed by atoms with Gasteiger partial charge in [-0.25, -0.2) is 0 Å². The first kappa shape index (κ1) is 24.5. The van der Waals surface area contributed by atoms with Gasteiger partial charge < -0.3 is 28.1 Å². The standard InChI is InChI=1S/C21H35BrO6Si/c1-13(2)29(14(3)4,15(5)6)26-11-19-21(25-12-23-7)28-20-17(24-8)9-16(22)10-18(20)27-19/h9-10,13-15,19,21H,11-12H2,1-8H3/t19-,21+/m0/s1. The molecule has 0 spiro atoms. The third kappa shape index (κ3) is 5.28. The van der Waals surface area contributed by atoms with Gasteiger partial charge in [0.25, 0.3) is 0 Å². The van der Waals surface area contributed by atoms with Gasteiger partial charge in [-0.15, -0.1) is 0 Å². The van der Waals surface area contributed by atoms with Crippen molar-refractivity contribution in [1.82, 2.24) is 0 Å². The summed E-state index contributed by atoms with van der Waals surface area (Å²) in [6.07, 6.45) is -1.07. The zero-order chi connectivity index (χ0) is 21.8. The first-order valence-electron chi connectivity index (χ1n) is 10.1. The number of rotatable bonds is 10. The number of benzene rings is 1. The largest absolute Gasteiger partial charge is 0.493 e. The van der Waals surface area contributed by atoms with Crippen LogP contribution in [-0.4, -0.2) is 48.3 Å². The lowest BCUT2D eigenvalue weighted by Crippen LogP contribution is -2.52. The Morgan fingerprint density at radius 1 is 1.00 bits per heavy atom. The summed E-state index contributed by atoms with van der Waals surface area (Å²) < 4.78 is 36.3. The van der Waals surface area contributed by atoms with Crippen LogP contribution in [0.25, 0.3) is 0 Å². The molecule has 0 radical (unpaired) electrons. The fourth-order valence-corrected chi connectivity index (χ4v) is 10.3. The zero-order valence-corrected chi connectivity index (χ0v) is 21.4. The molecule has 8 heteroatoms. The maximum Gasteiger partial charge on any atom is 0.241 e. The van der Waals surface area contributed by atoms with E-state index in [2.05, 4.69) is 57.5 Å². The van der Waals surface area contributed by atoms with E-state index in [0.717, 1.165) is 4.47 Å². The Morgan fingerprint density at radius 2 is 1.62 bits per heavy atom. The van der Waals surface area contributed by atoms with Crippen LogP contribution in [0.4, 0.5) is 0 Å². The molecule has 0 bridgehead atoms. The van der Waals surface area contributed by atoms with Crippen molar-refractivity contribution in [3.63, 3.8) is 0 Å². The van der Waals surface area contributed by atoms with E-state index < -0.39 is 20.7 Å². The Kier molecular flexibility index (Phi) is 8.84. The molecule has 2 rings (SSSR count). The number of hydrogen-bond donors (Lipinski definition) is 0. The van der Waals surface area contributed by atoms with Crippen LogP contribution in [0.2, 0.25) is 16.6 Å². The SMILES string of the molecule is COCO[C@@H]1Oc2c(OC)cc(Br)cc2O[C@H]1CO[Si](C(C)C)(C(C)C)C(C)C. The fourth-order valence-electron chi connectivity index (χ4n) is 4.43. The molecule has 1 aromatic rings. The second kappa shape index (κ2) is 10.5. The van der Waals surface area contributed by atoms with Gasteiger partial charge in [0.2, 0.25) is 20.4 Å². The summed E-state index contributed by atoms with van der Waals surface area (Å²) in [5.74, 6) is 1.70. The Balaban J connectivity index is 2.30. The van der Waals surface area contributed by atoms with Gasteiger partial charge in [0.05, 0.1) is 13.7 Å². The minimum Gasteiger partial charge on any atom is -0.493 e. The van der Waals surface area contributed by atoms with E-state index in [9.17, 15) is 0 Å². The van der Waals surface area contributed by atoms with Crippen LogP contribution in [0.15, 0.2) is 16.6 Å². The second-order valence-electron chi connectivity index (χ2n) is 8.28. The van der Waals surface area contributed by atoms with Crippen molar-refractivity contribution in [3.05, 3.63) is 16.6 Å². The fraction of sp³-hybridized carbons (Fsp3) is 0.714. The third-order valence-electron chi connectivity index (χ3n) is 5.58. The average Bonchev–Trinajstić information content (AvgIpc) is 2.65. The van der Waals surface area contributed by atoms with Crippen molar-refractivity contribution in [2.24, 2.45) is 0 Å². The van der Waals surface area contributed by atoms with Crippen LogP contribution in [0.5, 0.6) is 17.2 Å². The van der Waals surface area contributed by atoms with Crippen LogP contribution in [-0.2, 0) is 13.9 Å². The highest BCUT2D eigenvalue weighted by Gasteiger charge is 2.46. The maximum absolute atomic E-state index is 6.74. The van der Waals surface area contributed by atoms with Gasteiger partial charge in [0, 0.05) is 11.6 Å². The van der Waals surface area contributed by atoms with Crippen molar-refractivity contribution in [3.8, 4) is 17.2 Å². The number of methoxy groups -OCH3 is 2. The van der Waals surface area contributed by atoms with Crippen LogP contribution >= 0.6 is 15.9 Å². The quantitative estimate of drug-likeness (QED) is 0.308. The minimum atomic E-state index is -2.05. The molecule has 6 nitrogen and oxygen atoms in total. The molecule has 0 unspecified atom stereocenters. The van der Waals surface area contributed by atoms with Crippen molar-refractivity contribution in [2.75, 3.05) is 27.6 Å². The van der Waals surface area contributed by atoms with E-state index in [4.69, 9.17) is 28.1 Å². The maximum atomic E-state index is 6.74. The molecule has 1 aromatic carbocycles. The summed E-state index contributed by atoms with van der Waals surface area (Å²) in [4.78, 5) is 0. The van der Waals surface area contributed by atoms with Crippen molar-refractivity contribution in [2.45, 2.75) is 70.6 Å². The number of ether oxygens (including phenoxy) is 5. The zero-order valence-electron chi connectivity index (χ0n) is 18.8. The molecule has 0 saturated heterocycles. The Labute approximate surface area is 184 Å². The molecule has 0 saturated carbocycles. The topological polar surface area (TPSA) is 55.4 Å². The summed E-state index contributed by atoms with van der Waals surface area (Å²) in [7, 11) is 1.13. The van der Waals surface area contributed by atoms with E-state index in [1.165, 1.54) is 0 Å². The molecule has 1 aliphatic rings. The molecule has 1 aliphatic heterocycles. The number of halogens is 1. The van der Waals surface area contributed by atoms with Crippen LogP contribution in [0.1, 0.15) is 41.5 Å². The molecule has 29 heavy (non-hydrogen) atoms. The monoisotopic (exact) mass is 490 g/mol. The first-order valence-corrected chi connectivity index (χ1v) is 13.1. The van der Waals surface area contributed by atoms with Crippen LogP contribution < -0.4 is 14.2 Å². The molecule has 0 fully saturated rings. The highest BCUT2D eigenvalue weighted by atomic mass is 79.9. The highest BCUT2D eigenvalue weighted by Crippen LogP contribution is 2.46. The molecule has 0 aliphatic carbocycles. The van der Waals surface area contributed by atoms with Gasteiger partial charge in [-0.1, -0.05) is 57.5 Å². The van der Waals surface area contributed by atoms with E-state index in [-0.39, 0.29) is 6.79 Å². The van der Waals surface area contributed by atoms with Crippen molar-refractivity contribution in [1.29, 1.82) is 0 Å². The van der Waals surface area contributed by atoms with Crippen molar-refractivity contribution >= 4 is 24.2 Å². The van der Waals surface area contributed by atoms with Gasteiger partial charge in [-0.05, 0) is 28.8 Å². The van der Waals surface area contributed by atoms with Gasteiger partial charge in [0.15, 0.2) is 24.4 Å². The summed E-state index contributed by atoms with van der Waals surface area (Å²) in [5, 5.41) is 0. The molecule has 0 N–H and O–H groups in total. The van der Waals surface area contributed by atoms with E-state index in [1.54, 1.807) is 14.2 Å². The lowest BCUT2D eigenvalue weighted by molar-refractivity contribution is -0.201. The molecule has 2 atom stereocenters. The number of hydrogen-bond acceptors (Lipinski definition) is 6. The molecular weight excluding hydrogens is 456 g/mol. The Hall–Kier alpha value is -0.803. The lowest BCUT2D eigenvalue weighted by Gasteiger charge is -2.44. The minimum absolute atomic E-state index is 0.0970.